The average molecular weight is 480 g/mol. The maximum absolute atomic E-state index is 6.58. The van der Waals surface area contributed by atoms with E-state index in [0.717, 1.165) is 36.3 Å². The number of hydrogen-bond acceptors (Lipinski definition) is 3. The number of methoxy groups -OCH3 is 1. The van der Waals surface area contributed by atoms with Gasteiger partial charge in [0.25, 0.3) is 0 Å². The van der Waals surface area contributed by atoms with Crippen LogP contribution in [0.1, 0.15) is 35.6 Å². The minimum atomic E-state index is -0.0432. The Labute approximate surface area is 194 Å². The highest BCUT2D eigenvalue weighted by molar-refractivity contribution is 9.10. The van der Waals surface area contributed by atoms with Gasteiger partial charge in [0.2, 0.25) is 0 Å². The van der Waals surface area contributed by atoms with Crippen molar-refractivity contribution in [1.82, 2.24) is 4.90 Å². The van der Waals surface area contributed by atoms with Gasteiger partial charge in [0, 0.05) is 17.1 Å². The lowest BCUT2D eigenvalue weighted by atomic mass is 10.0. The molecule has 3 aromatic carbocycles. The van der Waals surface area contributed by atoms with Gasteiger partial charge in [0.1, 0.15) is 11.9 Å². The molecule has 0 radical (unpaired) electrons. The molecule has 1 saturated heterocycles. The molecule has 3 nitrogen and oxygen atoms in total. The summed E-state index contributed by atoms with van der Waals surface area (Å²) in [4.78, 5) is 2.59. The Morgan fingerprint density at radius 1 is 0.935 bits per heavy atom. The molecule has 1 heterocycles. The van der Waals surface area contributed by atoms with Crippen molar-refractivity contribution in [3.8, 4) is 5.75 Å². The predicted molar refractivity (Wildman–Crippen MR) is 130 cm³/mol. The molecule has 3 aromatic rings. The van der Waals surface area contributed by atoms with Gasteiger partial charge in [-0.1, -0.05) is 70.5 Å². The number of ether oxygens (including phenoxy) is 2. The molecule has 4 heteroatoms. The molecule has 4 rings (SSSR count). The van der Waals surface area contributed by atoms with Crippen molar-refractivity contribution in [2.45, 2.75) is 31.4 Å². The van der Waals surface area contributed by atoms with Gasteiger partial charge >= 0.3 is 0 Å². The minimum Gasteiger partial charge on any atom is -0.497 e. The van der Waals surface area contributed by atoms with E-state index in [1.807, 2.05) is 12.1 Å². The SMILES string of the molecule is COc1ccc(CCN2CCC[C@H]2COC(c2ccccc2)c2ccc(Br)cc2)cc1. The van der Waals surface area contributed by atoms with E-state index in [0.29, 0.717) is 6.04 Å². The van der Waals surface area contributed by atoms with Crippen molar-refractivity contribution in [3.05, 3.63) is 100 Å². The summed E-state index contributed by atoms with van der Waals surface area (Å²) in [7, 11) is 1.71. The highest BCUT2D eigenvalue weighted by atomic mass is 79.9. The maximum Gasteiger partial charge on any atom is 0.118 e. The molecular weight excluding hydrogens is 450 g/mol. The van der Waals surface area contributed by atoms with E-state index in [2.05, 4.69) is 87.6 Å². The molecule has 0 bridgehead atoms. The monoisotopic (exact) mass is 479 g/mol. The van der Waals surface area contributed by atoms with Gasteiger partial charge < -0.3 is 9.47 Å². The van der Waals surface area contributed by atoms with Crippen LogP contribution in [0.15, 0.2) is 83.3 Å². The number of hydrogen-bond donors (Lipinski definition) is 0. The third-order valence-corrected chi connectivity index (χ3v) is 6.60. The van der Waals surface area contributed by atoms with Crippen molar-refractivity contribution in [2.75, 3.05) is 26.8 Å². The summed E-state index contributed by atoms with van der Waals surface area (Å²) in [5.41, 5.74) is 3.74. The standard InChI is InChI=1S/C27H30BrNO2/c1-30-26-15-9-21(10-16-26)17-19-29-18-5-8-25(29)20-31-27(22-6-3-2-4-7-22)23-11-13-24(28)14-12-23/h2-4,6-7,9-16,25,27H,5,8,17-20H2,1H3/t25-,27?/m0/s1. The Kier molecular flexibility index (Phi) is 7.79. The van der Waals surface area contributed by atoms with E-state index in [4.69, 9.17) is 9.47 Å². The van der Waals surface area contributed by atoms with Gasteiger partial charge in [-0.2, -0.15) is 0 Å². The molecule has 0 N–H and O–H groups in total. The molecule has 0 aliphatic carbocycles. The van der Waals surface area contributed by atoms with Crippen molar-refractivity contribution >= 4 is 15.9 Å². The largest absolute Gasteiger partial charge is 0.497 e. The Hall–Kier alpha value is -2.14. The molecule has 162 valence electrons. The Balaban J connectivity index is 1.39. The zero-order chi connectivity index (χ0) is 21.5. The average Bonchev–Trinajstić information content (AvgIpc) is 3.27. The summed E-state index contributed by atoms with van der Waals surface area (Å²) >= 11 is 3.54. The molecule has 1 unspecified atom stereocenters. The number of rotatable bonds is 9. The van der Waals surface area contributed by atoms with E-state index in [1.54, 1.807) is 7.11 Å². The van der Waals surface area contributed by atoms with Crippen molar-refractivity contribution < 1.29 is 9.47 Å². The molecule has 1 aliphatic rings. The van der Waals surface area contributed by atoms with Crippen LogP contribution in [-0.4, -0.2) is 37.7 Å². The maximum atomic E-state index is 6.58. The fourth-order valence-corrected chi connectivity index (χ4v) is 4.57. The lowest BCUT2D eigenvalue weighted by molar-refractivity contribution is 0.0381. The van der Waals surface area contributed by atoms with Crippen LogP contribution in [0.2, 0.25) is 0 Å². The second-order valence-corrected chi connectivity index (χ2v) is 9.02. The number of halogens is 1. The van der Waals surface area contributed by atoms with Crippen LogP contribution in [0, 0.1) is 0 Å². The molecule has 31 heavy (non-hydrogen) atoms. The molecule has 2 atom stereocenters. The van der Waals surface area contributed by atoms with Gasteiger partial charge in [-0.05, 0) is 66.8 Å². The number of likely N-dealkylation sites (tertiary alicyclic amines) is 1. The van der Waals surface area contributed by atoms with Crippen LogP contribution >= 0.6 is 15.9 Å². The quantitative estimate of drug-likeness (QED) is 0.360. The molecule has 1 aliphatic heterocycles. The second kappa shape index (κ2) is 10.9. The van der Waals surface area contributed by atoms with E-state index in [1.165, 1.54) is 29.5 Å². The lowest BCUT2D eigenvalue weighted by Gasteiger charge is -2.27. The van der Waals surface area contributed by atoms with Crippen LogP contribution in [0.4, 0.5) is 0 Å². The molecule has 0 amide bonds. The molecule has 0 saturated carbocycles. The Morgan fingerprint density at radius 3 is 2.35 bits per heavy atom. The van der Waals surface area contributed by atoms with Crippen LogP contribution in [0.3, 0.4) is 0 Å². The third-order valence-electron chi connectivity index (χ3n) is 6.08. The first-order valence-corrected chi connectivity index (χ1v) is 11.8. The number of nitrogens with zero attached hydrogens (tertiary/aromatic N) is 1. The lowest BCUT2D eigenvalue weighted by Crippen LogP contribution is -2.35. The van der Waals surface area contributed by atoms with Crippen LogP contribution in [-0.2, 0) is 11.2 Å². The highest BCUT2D eigenvalue weighted by Gasteiger charge is 2.26. The predicted octanol–water partition coefficient (Wildman–Crippen LogP) is 6.27. The van der Waals surface area contributed by atoms with Crippen molar-refractivity contribution in [2.24, 2.45) is 0 Å². The first-order chi connectivity index (χ1) is 15.2. The molecule has 0 aromatic heterocycles. The zero-order valence-electron chi connectivity index (χ0n) is 18.0. The first-order valence-electron chi connectivity index (χ1n) is 11.0. The summed E-state index contributed by atoms with van der Waals surface area (Å²) in [6.45, 7) is 2.96. The van der Waals surface area contributed by atoms with Crippen molar-refractivity contribution in [3.63, 3.8) is 0 Å². The van der Waals surface area contributed by atoms with Gasteiger partial charge in [0.15, 0.2) is 0 Å². The smallest absolute Gasteiger partial charge is 0.118 e. The fourth-order valence-electron chi connectivity index (χ4n) is 4.30. The van der Waals surface area contributed by atoms with E-state index < -0.39 is 0 Å². The fraction of sp³-hybridized carbons (Fsp3) is 0.333. The Morgan fingerprint density at radius 2 is 1.65 bits per heavy atom. The molecular formula is C27H30BrNO2. The normalized spacial score (nSPS) is 17.5. The highest BCUT2D eigenvalue weighted by Crippen LogP contribution is 2.29. The van der Waals surface area contributed by atoms with Crippen molar-refractivity contribution in [1.29, 1.82) is 0 Å². The van der Waals surface area contributed by atoms with E-state index in [-0.39, 0.29) is 6.10 Å². The summed E-state index contributed by atoms with van der Waals surface area (Å²) in [6, 6.07) is 27.9. The van der Waals surface area contributed by atoms with Crippen LogP contribution in [0.25, 0.3) is 0 Å². The minimum absolute atomic E-state index is 0.0432. The van der Waals surface area contributed by atoms with Gasteiger partial charge in [-0.15, -0.1) is 0 Å². The van der Waals surface area contributed by atoms with Gasteiger partial charge in [-0.3, -0.25) is 4.90 Å². The van der Waals surface area contributed by atoms with Crippen LogP contribution in [0.5, 0.6) is 5.75 Å². The van der Waals surface area contributed by atoms with Gasteiger partial charge in [0.05, 0.1) is 13.7 Å². The van der Waals surface area contributed by atoms with E-state index in [9.17, 15) is 0 Å². The first kappa shape index (κ1) is 22.1. The second-order valence-electron chi connectivity index (χ2n) is 8.11. The molecule has 1 fully saturated rings. The summed E-state index contributed by atoms with van der Waals surface area (Å²) in [6.07, 6.45) is 3.45. The zero-order valence-corrected chi connectivity index (χ0v) is 19.6. The topological polar surface area (TPSA) is 21.7 Å². The van der Waals surface area contributed by atoms with E-state index >= 15 is 0 Å². The van der Waals surface area contributed by atoms with Gasteiger partial charge in [-0.25, -0.2) is 0 Å². The molecule has 0 spiro atoms. The summed E-state index contributed by atoms with van der Waals surface area (Å²) in [5.74, 6) is 0.913. The summed E-state index contributed by atoms with van der Waals surface area (Å²) in [5, 5.41) is 0. The third kappa shape index (κ3) is 5.97. The Bertz CT molecular complexity index is 928. The number of benzene rings is 3. The van der Waals surface area contributed by atoms with Crippen LogP contribution < -0.4 is 4.74 Å². The summed E-state index contributed by atoms with van der Waals surface area (Å²) < 4.78 is 12.9.